The fourth-order valence-electron chi connectivity index (χ4n) is 3.18. The van der Waals surface area contributed by atoms with Gasteiger partial charge in [0.25, 0.3) is 10.0 Å². The number of hydrogen-bond donors (Lipinski definition) is 1. The zero-order valence-electron chi connectivity index (χ0n) is 19.7. The lowest BCUT2D eigenvalue weighted by molar-refractivity contribution is 0.0732. The van der Waals surface area contributed by atoms with Crippen molar-refractivity contribution >= 4 is 28.2 Å². The van der Waals surface area contributed by atoms with E-state index in [4.69, 9.17) is 9.47 Å². The van der Waals surface area contributed by atoms with Crippen molar-refractivity contribution in [3.63, 3.8) is 0 Å². The highest BCUT2D eigenvalue weighted by Gasteiger charge is 2.16. The monoisotopic (exact) mass is 514 g/mol. The van der Waals surface area contributed by atoms with Gasteiger partial charge in [0.2, 0.25) is 0 Å². The van der Waals surface area contributed by atoms with Crippen LogP contribution in [0.2, 0.25) is 0 Å². The van der Waals surface area contributed by atoms with Crippen LogP contribution in [0.15, 0.2) is 113 Å². The van der Waals surface area contributed by atoms with Crippen LogP contribution in [0, 0.1) is 6.92 Å². The first-order valence-electron chi connectivity index (χ1n) is 11.1. The number of aryl methyl sites for hydroxylation is 1. The molecule has 0 amide bonds. The number of esters is 2. The fraction of sp³-hybridized carbons (Fsp3) is 0.0357. The zero-order valence-corrected chi connectivity index (χ0v) is 20.5. The number of nitrogens with zero attached hydrogens (tertiary/aromatic N) is 1. The third kappa shape index (κ3) is 6.68. The molecule has 0 fully saturated rings. The minimum atomic E-state index is -3.91. The maximum Gasteiger partial charge on any atom is 0.343 e. The molecule has 9 heteroatoms. The van der Waals surface area contributed by atoms with Gasteiger partial charge < -0.3 is 9.47 Å². The van der Waals surface area contributed by atoms with E-state index in [-0.39, 0.29) is 22.0 Å². The van der Waals surface area contributed by atoms with E-state index in [1.165, 1.54) is 36.5 Å². The summed E-state index contributed by atoms with van der Waals surface area (Å²) >= 11 is 0. The second-order valence-corrected chi connectivity index (χ2v) is 9.54. The summed E-state index contributed by atoms with van der Waals surface area (Å²) in [6.45, 7) is 1.85. The van der Waals surface area contributed by atoms with Crippen LogP contribution in [0.5, 0.6) is 11.5 Å². The first-order chi connectivity index (χ1) is 17.8. The number of hydrazone groups is 1. The summed E-state index contributed by atoms with van der Waals surface area (Å²) in [5.41, 5.74) is 1.84. The predicted octanol–water partition coefficient (Wildman–Crippen LogP) is 4.75. The second-order valence-electron chi connectivity index (χ2n) is 7.88. The summed E-state index contributed by atoms with van der Waals surface area (Å²) in [6, 6.07) is 27.4. The van der Waals surface area contributed by atoms with Gasteiger partial charge in [0.1, 0.15) is 11.5 Å². The van der Waals surface area contributed by atoms with E-state index in [0.29, 0.717) is 11.1 Å². The smallest absolute Gasteiger partial charge is 0.343 e. The minimum Gasteiger partial charge on any atom is -0.423 e. The predicted molar refractivity (Wildman–Crippen MR) is 138 cm³/mol. The number of hydrogen-bond acceptors (Lipinski definition) is 7. The lowest BCUT2D eigenvalue weighted by atomic mass is 10.2. The van der Waals surface area contributed by atoms with Gasteiger partial charge in [-0.3, -0.25) is 0 Å². The topological polar surface area (TPSA) is 111 Å². The van der Waals surface area contributed by atoms with Crippen molar-refractivity contribution < 1.29 is 27.5 Å². The first-order valence-corrected chi connectivity index (χ1v) is 12.6. The summed E-state index contributed by atoms with van der Waals surface area (Å²) in [4.78, 5) is 27.3. The molecule has 4 aromatic carbocycles. The van der Waals surface area contributed by atoms with Crippen molar-refractivity contribution in [2.75, 3.05) is 0 Å². The quantitative estimate of drug-likeness (QED) is 0.157. The molecule has 0 radical (unpaired) electrons. The number of carbonyl (C=O) groups is 2. The third-order valence-electron chi connectivity index (χ3n) is 5.13. The molecule has 0 heterocycles. The Labute approximate surface area is 214 Å². The van der Waals surface area contributed by atoms with Crippen molar-refractivity contribution in [3.8, 4) is 11.5 Å². The molecule has 0 atom stereocenters. The fourth-order valence-corrected chi connectivity index (χ4v) is 3.97. The van der Waals surface area contributed by atoms with Crippen LogP contribution >= 0.6 is 0 Å². The Morgan fingerprint density at radius 2 is 1.32 bits per heavy atom. The Hall–Kier alpha value is -4.76. The van der Waals surface area contributed by atoms with Crippen LogP contribution in [0.1, 0.15) is 31.8 Å². The number of benzene rings is 4. The van der Waals surface area contributed by atoms with Crippen LogP contribution in [-0.4, -0.2) is 26.6 Å². The molecule has 186 valence electrons. The molecule has 4 aromatic rings. The van der Waals surface area contributed by atoms with Gasteiger partial charge in [0.05, 0.1) is 22.2 Å². The molecular weight excluding hydrogens is 492 g/mol. The molecule has 0 aromatic heterocycles. The highest BCUT2D eigenvalue weighted by molar-refractivity contribution is 7.89. The second kappa shape index (κ2) is 11.3. The number of sulfonamides is 1. The molecule has 4 rings (SSSR count). The van der Waals surface area contributed by atoms with Crippen LogP contribution < -0.4 is 14.3 Å². The lowest BCUT2D eigenvalue weighted by Gasteiger charge is -2.11. The number of nitrogens with one attached hydrogen (secondary N) is 1. The Bertz CT molecular complexity index is 1540. The highest BCUT2D eigenvalue weighted by atomic mass is 32.2. The zero-order chi connectivity index (χ0) is 26.3. The molecule has 1 N–H and O–H groups in total. The first kappa shape index (κ1) is 25.3. The van der Waals surface area contributed by atoms with Crippen LogP contribution in [0.4, 0.5) is 0 Å². The standard InChI is InChI=1S/C28H22N2O6S/c1-20-12-16-25(17-13-20)37(33,34)30-29-19-23-14-15-24(35-27(31)21-8-4-2-5-9-21)18-26(23)36-28(32)22-10-6-3-7-11-22/h2-19,30H,1H3/b29-19-. The van der Waals surface area contributed by atoms with Crippen LogP contribution in [-0.2, 0) is 10.0 Å². The van der Waals surface area contributed by atoms with Crippen molar-refractivity contribution in [3.05, 3.63) is 125 Å². The van der Waals surface area contributed by atoms with E-state index in [1.807, 2.05) is 6.92 Å². The average molecular weight is 515 g/mol. The molecule has 0 unspecified atom stereocenters. The summed E-state index contributed by atoms with van der Waals surface area (Å²) in [5.74, 6) is -1.09. The molecule has 37 heavy (non-hydrogen) atoms. The Balaban J connectivity index is 1.58. The van der Waals surface area contributed by atoms with E-state index < -0.39 is 22.0 Å². The van der Waals surface area contributed by atoms with Gasteiger partial charge in [-0.25, -0.2) is 14.4 Å². The minimum absolute atomic E-state index is 0.0190. The van der Waals surface area contributed by atoms with Gasteiger partial charge in [-0.2, -0.15) is 13.5 Å². The average Bonchev–Trinajstić information content (AvgIpc) is 2.91. The maximum absolute atomic E-state index is 12.7. The number of ether oxygens (including phenoxy) is 2. The van der Waals surface area contributed by atoms with Crippen molar-refractivity contribution in [2.45, 2.75) is 11.8 Å². The lowest BCUT2D eigenvalue weighted by Crippen LogP contribution is -2.18. The van der Waals surface area contributed by atoms with Gasteiger partial charge in [-0.05, 0) is 55.5 Å². The molecule has 0 saturated heterocycles. The maximum atomic E-state index is 12.7. The highest BCUT2D eigenvalue weighted by Crippen LogP contribution is 2.26. The molecule has 0 saturated carbocycles. The Morgan fingerprint density at radius 3 is 1.92 bits per heavy atom. The SMILES string of the molecule is Cc1ccc(S(=O)(=O)N/N=C\c2ccc(OC(=O)c3ccccc3)cc2OC(=O)c2ccccc2)cc1. The van der Waals surface area contributed by atoms with Crippen LogP contribution in [0.25, 0.3) is 0 Å². The van der Waals surface area contributed by atoms with Crippen molar-refractivity contribution in [2.24, 2.45) is 5.10 Å². The van der Waals surface area contributed by atoms with E-state index in [9.17, 15) is 18.0 Å². The summed E-state index contributed by atoms with van der Waals surface area (Å²) in [7, 11) is -3.91. The van der Waals surface area contributed by atoms with E-state index in [1.54, 1.807) is 72.8 Å². The van der Waals surface area contributed by atoms with Gasteiger partial charge in [-0.1, -0.05) is 54.1 Å². The van der Waals surface area contributed by atoms with E-state index in [2.05, 4.69) is 9.93 Å². The van der Waals surface area contributed by atoms with E-state index >= 15 is 0 Å². The Kier molecular flexibility index (Phi) is 7.75. The Morgan fingerprint density at radius 1 is 0.757 bits per heavy atom. The number of rotatable bonds is 8. The van der Waals surface area contributed by atoms with Gasteiger partial charge in [0, 0.05) is 11.6 Å². The molecule has 0 spiro atoms. The molecular formula is C28H22N2O6S. The summed E-state index contributed by atoms with van der Waals surface area (Å²) in [5, 5.41) is 3.83. The normalized spacial score (nSPS) is 11.2. The van der Waals surface area contributed by atoms with Gasteiger partial charge in [0.15, 0.2) is 0 Å². The molecule has 0 aliphatic heterocycles. The largest absolute Gasteiger partial charge is 0.423 e. The summed E-state index contributed by atoms with van der Waals surface area (Å²) in [6.07, 6.45) is 1.20. The van der Waals surface area contributed by atoms with Crippen molar-refractivity contribution in [1.82, 2.24) is 4.83 Å². The van der Waals surface area contributed by atoms with Crippen molar-refractivity contribution in [1.29, 1.82) is 0 Å². The third-order valence-corrected chi connectivity index (χ3v) is 6.36. The van der Waals surface area contributed by atoms with Gasteiger partial charge in [-0.15, -0.1) is 0 Å². The van der Waals surface area contributed by atoms with Crippen LogP contribution in [0.3, 0.4) is 0 Å². The molecule has 0 aliphatic carbocycles. The number of carbonyl (C=O) groups excluding carboxylic acids is 2. The molecule has 0 bridgehead atoms. The molecule has 8 nitrogen and oxygen atoms in total. The summed E-state index contributed by atoms with van der Waals surface area (Å²) < 4.78 is 36.0. The van der Waals surface area contributed by atoms with Gasteiger partial charge >= 0.3 is 11.9 Å². The van der Waals surface area contributed by atoms with E-state index in [0.717, 1.165) is 5.56 Å². The molecule has 0 aliphatic rings.